The number of rotatable bonds is 7. The molecule has 0 aliphatic rings. The number of benzene rings is 1. The second-order valence-electron chi connectivity index (χ2n) is 4.48. The van der Waals surface area contributed by atoms with Crippen LogP contribution in [0.1, 0.15) is 10.4 Å². The van der Waals surface area contributed by atoms with Crippen molar-refractivity contribution in [2.24, 2.45) is 0 Å². The Hall–Kier alpha value is -2.87. The molecule has 0 amide bonds. The molecule has 0 bridgehead atoms. The van der Waals surface area contributed by atoms with Crippen molar-refractivity contribution in [3.8, 4) is 11.6 Å². The second-order valence-corrected chi connectivity index (χ2v) is 4.48. The fourth-order valence-electron chi connectivity index (χ4n) is 1.76. The third kappa shape index (κ3) is 4.30. The van der Waals surface area contributed by atoms with Crippen LogP contribution in [0.25, 0.3) is 0 Å². The van der Waals surface area contributed by atoms with Gasteiger partial charge in [-0.3, -0.25) is 0 Å². The summed E-state index contributed by atoms with van der Waals surface area (Å²) in [6, 6.07) is 6.45. The predicted octanol–water partition coefficient (Wildman–Crippen LogP) is 1.70. The first kappa shape index (κ1) is 16.5. The highest BCUT2D eigenvalue weighted by molar-refractivity contribution is 5.89. The first-order valence-corrected chi connectivity index (χ1v) is 6.85. The molecule has 0 fully saturated rings. The number of esters is 1. The first-order chi connectivity index (χ1) is 11.2. The Kier molecular flexibility index (Phi) is 5.70. The number of nitrogens with two attached hydrogens (primary N) is 1. The molecule has 0 atom stereocenters. The van der Waals surface area contributed by atoms with Crippen molar-refractivity contribution in [2.75, 3.05) is 38.4 Å². The number of nitrogen functional groups attached to an aromatic ring is 1. The zero-order chi connectivity index (χ0) is 16.7. The van der Waals surface area contributed by atoms with Crippen LogP contribution < -0.4 is 15.8 Å². The van der Waals surface area contributed by atoms with E-state index >= 15 is 0 Å². The highest BCUT2D eigenvalue weighted by atomic mass is 16.5. The van der Waals surface area contributed by atoms with Gasteiger partial charge in [0.15, 0.2) is 5.82 Å². The van der Waals surface area contributed by atoms with Crippen LogP contribution in [0.3, 0.4) is 0 Å². The quantitative estimate of drug-likeness (QED) is 0.586. The Morgan fingerprint density at radius 1 is 1.22 bits per heavy atom. The van der Waals surface area contributed by atoms with E-state index in [0.29, 0.717) is 36.0 Å². The summed E-state index contributed by atoms with van der Waals surface area (Å²) in [6.45, 7) is 1.08. The summed E-state index contributed by atoms with van der Waals surface area (Å²) in [5, 5.41) is 3.03. The normalized spacial score (nSPS) is 10.2. The Morgan fingerprint density at radius 2 is 1.96 bits per heavy atom. The van der Waals surface area contributed by atoms with Crippen molar-refractivity contribution in [1.82, 2.24) is 9.97 Å². The van der Waals surface area contributed by atoms with Gasteiger partial charge in [0.2, 0.25) is 5.88 Å². The van der Waals surface area contributed by atoms with Gasteiger partial charge in [0.05, 0.1) is 19.3 Å². The largest absolute Gasteiger partial charge is 0.465 e. The summed E-state index contributed by atoms with van der Waals surface area (Å²) in [6.07, 6.45) is 1.35. The van der Waals surface area contributed by atoms with E-state index in [9.17, 15) is 4.79 Å². The summed E-state index contributed by atoms with van der Waals surface area (Å²) in [5.41, 5.74) is 6.71. The van der Waals surface area contributed by atoms with Crippen LogP contribution in [-0.2, 0) is 9.47 Å². The molecule has 1 aromatic carbocycles. The zero-order valence-corrected chi connectivity index (χ0v) is 12.9. The monoisotopic (exact) mass is 318 g/mol. The van der Waals surface area contributed by atoms with Gasteiger partial charge >= 0.3 is 5.97 Å². The number of nitrogens with zero attached hydrogens (tertiary/aromatic N) is 2. The molecular formula is C15H18N4O4. The van der Waals surface area contributed by atoms with E-state index in [-0.39, 0.29) is 5.88 Å². The number of nitrogens with one attached hydrogen (secondary N) is 1. The minimum Gasteiger partial charge on any atom is -0.465 e. The van der Waals surface area contributed by atoms with Crippen LogP contribution in [-0.4, -0.2) is 43.3 Å². The molecule has 0 spiro atoms. The van der Waals surface area contributed by atoms with Crippen LogP contribution in [0.4, 0.5) is 11.5 Å². The van der Waals surface area contributed by atoms with Gasteiger partial charge < -0.3 is 25.3 Å². The van der Waals surface area contributed by atoms with Crippen LogP contribution in [0.5, 0.6) is 11.6 Å². The molecule has 8 heteroatoms. The highest BCUT2D eigenvalue weighted by Crippen LogP contribution is 2.29. The lowest BCUT2D eigenvalue weighted by atomic mass is 10.2. The fourth-order valence-corrected chi connectivity index (χ4v) is 1.76. The molecule has 0 radical (unpaired) electrons. The van der Waals surface area contributed by atoms with E-state index in [2.05, 4.69) is 20.0 Å². The minimum atomic E-state index is -0.414. The molecular weight excluding hydrogens is 300 g/mol. The van der Waals surface area contributed by atoms with Crippen molar-refractivity contribution in [1.29, 1.82) is 0 Å². The third-order valence-electron chi connectivity index (χ3n) is 2.94. The number of carbonyl (C=O) groups is 1. The number of hydrogen-bond acceptors (Lipinski definition) is 8. The van der Waals surface area contributed by atoms with E-state index < -0.39 is 5.97 Å². The number of methoxy groups -OCH3 is 2. The van der Waals surface area contributed by atoms with E-state index in [0.717, 1.165) is 0 Å². The third-order valence-corrected chi connectivity index (χ3v) is 2.94. The van der Waals surface area contributed by atoms with Crippen molar-refractivity contribution in [3.63, 3.8) is 0 Å². The maximum Gasteiger partial charge on any atom is 0.337 e. The molecule has 1 aromatic heterocycles. The molecule has 0 unspecified atom stereocenters. The molecule has 0 aliphatic carbocycles. The van der Waals surface area contributed by atoms with Crippen LogP contribution in [0, 0.1) is 0 Å². The van der Waals surface area contributed by atoms with Gasteiger partial charge in [-0.15, -0.1) is 0 Å². The van der Waals surface area contributed by atoms with Crippen molar-refractivity contribution in [3.05, 3.63) is 36.2 Å². The van der Waals surface area contributed by atoms with Gasteiger partial charge in [-0.05, 0) is 24.3 Å². The Labute approximate surface area is 133 Å². The first-order valence-electron chi connectivity index (χ1n) is 6.85. The van der Waals surface area contributed by atoms with Gasteiger partial charge in [0.1, 0.15) is 17.8 Å². The summed E-state index contributed by atoms with van der Waals surface area (Å²) in [4.78, 5) is 19.5. The molecule has 1 heterocycles. The summed E-state index contributed by atoms with van der Waals surface area (Å²) >= 11 is 0. The highest BCUT2D eigenvalue weighted by Gasteiger charge is 2.11. The molecule has 0 saturated carbocycles. The van der Waals surface area contributed by atoms with Crippen LogP contribution in [0.2, 0.25) is 0 Å². The molecule has 3 N–H and O–H groups in total. The summed E-state index contributed by atoms with van der Waals surface area (Å²) in [5.74, 6) is 0.776. The smallest absolute Gasteiger partial charge is 0.337 e. The molecule has 0 saturated heterocycles. The maximum atomic E-state index is 11.4. The lowest BCUT2D eigenvalue weighted by Gasteiger charge is -2.11. The van der Waals surface area contributed by atoms with Gasteiger partial charge in [-0.1, -0.05) is 0 Å². The van der Waals surface area contributed by atoms with Crippen molar-refractivity contribution >= 4 is 17.5 Å². The van der Waals surface area contributed by atoms with Gasteiger partial charge in [-0.2, -0.15) is 4.98 Å². The minimum absolute atomic E-state index is 0.228. The lowest BCUT2D eigenvalue weighted by molar-refractivity contribution is 0.0600. The number of ether oxygens (including phenoxy) is 3. The van der Waals surface area contributed by atoms with Crippen LogP contribution >= 0.6 is 0 Å². The van der Waals surface area contributed by atoms with Crippen LogP contribution in [0.15, 0.2) is 30.6 Å². The molecule has 23 heavy (non-hydrogen) atoms. The molecule has 8 nitrogen and oxygen atoms in total. The SMILES string of the molecule is COCCNc1ncnc(Oc2ccc(C(=O)OC)cc2)c1N. The predicted molar refractivity (Wildman–Crippen MR) is 84.7 cm³/mol. The fraction of sp³-hybridized carbons (Fsp3) is 0.267. The molecule has 122 valence electrons. The van der Waals surface area contributed by atoms with Crippen molar-refractivity contribution in [2.45, 2.75) is 0 Å². The van der Waals surface area contributed by atoms with E-state index in [1.54, 1.807) is 31.4 Å². The number of hydrogen-bond donors (Lipinski definition) is 2. The van der Waals surface area contributed by atoms with E-state index in [1.807, 2.05) is 0 Å². The zero-order valence-electron chi connectivity index (χ0n) is 12.9. The Bertz CT molecular complexity index is 661. The lowest BCUT2D eigenvalue weighted by Crippen LogP contribution is -2.11. The van der Waals surface area contributed by atoms with E-state index in [4.69, 9.17) is 15.2 Å². The van der Waals surface area contributed by atoms with Crippen molar-refractivity contribution < 1.29 is 19.0 Å². The maximum absolute atomic E-state index is 11.4. The second kappa shape index (κ2) is 7.95. The van der Waals surface area contributed by atoms with E-state index in [1.165, 1.54) is 13.4 Å². The average molecular weight is 318 g/mol. The Morgan fingerprint density at radius 3 is 2.61 bits per heavy atom. The van der Waals surface area contributed by atoms with Gasteiger partial charge in [-0.25, -0.2) is 9.78 Å². The summed E-state index contributed by atoms with van der Waals surface area (Å²) in [7, 11) is 2.93. The Balaban J connectivity index is 2.10. The average Bonchev–Trinajstić information content (AvgIpc) is 2.58. The number of aromatic nitrogens is 2. The molecule has 2 aromatic rings. The standard InChI is InChI=1S/C15H18N4O4/c1-21-8-7-17-13-12(16)14(19-9-18-13)23-11-5-3-10(4-6-11)15(20)22-2/h3-6,9H,7-8,16H2,1-2H3,(H,17,18,19). The topological polar surface area (TPSA) is 109 Å². The van der Waals surface area contributed by atoms with Gasteiger partial charge in [0.25, 0.3) is 0 Å². The number of anilines is 2. The molecule has 2 rings (SSSR count). The van der Waals surface area contributed by atoms with Gasteiger partial charge in [0, 0.05) is 13.7 Å². The summed E-state index contributed by atoms with van der Waals surface area (Å²) < 4.78 is 15.2. The molecule has 0 aliphatic heterocycles. The number of carbonyl (C=O) groups excluding carboxylic acids is 1.